The molecule has 3 nitrogen and oxygen atoms in total. The maximum atomic E-state index is 9.07. The van der Waals surface area contributed by atoms with Crippen molar-refractivity contribution in [2.75, 3.05) is 6.61 Å². The number of aliphatic hydroxyl groups is 2. The predicted molar refractivity (Wildman–Crippen MR) is 43.4 cm³/mol. The van der Waals surface area contributed by atoms with Crippen LogP contribution < -0.4 is 0 Å². The molecule has 0 bridgehead atoms. The summed E-state index contributed by atoms with van der Waals surface area (Å²) in [7, 11) is 0. The van der Waals surface area contributed by atoms with Gasteiger partial charge in [-0.25, -0.2) is 0 Å². The Morgan fingerprint density at radius 3 is 2.18 bits per heavy atom. The Morgan fingerprint density at radius 1 is 1.45 bits per heavy atom. The molecule has 0 aromatic heterocycles. The summed E-state index contributed by atoms with van der Waals surface area (Å²) in [4.78, 5) is 0. The molecule has 0 amide bonds. The largest absolute Gasteiger partial charge is 0.394 e. The molecule has 1 fully saturated rings. The van der Waals surface area contributed by atoms with Crippen LogP contribution in [0.1, 0.15) is 27.2 Å². The maximum absolute atomic E-state index is 9.07. The Hall–Kier alpha value is -0.120. The summed E-state index contributed by atoms with van der Waals surface area (Å²) in [6.07, 6.45) is -0.0762. The van der Waals surface area contributed by atoms with Crippen LogP contribution in [-0.2, 0) is 4.74 Å². The van der Waals surface area contributed by atoms with Gasteiger partial charge in [0.15, 0.2) is 0 Å². The van der Waals surface area contributed by atoms with Gasteiger partial charge >= 0.3 is 0 Å². The molecule has 3 atom stereocenters. The molecule has 0 aromatic carbocycles. The van der Waals surface area contributed by atoms with Crippen molar-refractivity contribution in [2.24, 2.45) is 0 Å². The van der Waals surface area contributed by atoms with Crippen molar-refractivity contribution in [1.29, 1.82) is 0 Å². The van der Waals surface area contributed by atoms with E-state index in [1.54, 1.807) is 0 Å². The molecule has 1 aliphatic rings. The Balaban J connectivity index is 0.000000461. The molecule has 1 heterocycles. The standard InChI is InChI=1S/C6H12O3.C2H6/c1-4-2-5(8)6(3-7)9-4;1-2/h4-8H,2-3H2,1H3;1-2H3. The average Bonchev–Trinajstić information content (AvgIpc) is 2.33. The highest BCUT2D eigenvalue weighted by Gasteiger charge is 2.30. The monoisotopic (exact) mass is 162 g/mol. The molecule has 0 saturated carbocycles. The van der Waals surface area contributed by atoms with Crippen LogP contribution >= 0.6 is 0 Å². The van der Waals surface area contributed by atoms with Gasteiger partial charge in [-0.3, -0.25) is 0 Å². The molecule has 0 radical (unpaired) electrons. The lowest BCUT2D eigenvalue weighted by Crippen LogP contribution is -2.24. The lowest BCUT2D eigenvalue weighted by atomic mass is 10.1. The lowest BCUT2D eigenvalue weighted by molar-refractivity contribution is -0.0170. The normalized spacial score (nSPS) is 36.3. The zero-order valence-corrected chi connectivity index (χ0v) is 7.45. The maximum Gasteiger partial charge on any atom is 0.107 e. The van der Waals surface area contributed by atoms with Crippen LogP contribution in [0.2, 0.25) is 0 Å². The van der Waals surface area contributed by atoms with E-state index in [-0.39, 0.29) is 18.8 Å². The summed E-state index contributed by atoms with van der Waals surface area (Å²) in [5.41, 5.74) is 0. The fraction of sp³-hybridized carbons (Fsp3) is 1.00. The van der Waals surface area contributed by atoms with Crippen LogP contribution in [0.3, 0.4) is 0 Å². The highest BCUT2D eigenvalue weighted by Crippen LogP contribution is 2.18. The number of rotatable bonds is 1. The second-order valence-electron chi connectivity index (χ2n) is 2.47. The fourth-order valence-corrected chi connectivity index (χ4v) is 1.10. The lowest BCUT2D eigenvalue weighted by Gasteiger charge is -2.08. The van der Waals surface area contributed by atoms with Crippen molar-refractivity contribution in [3.8, 4) is 0 Å². The molecule has 1 saturated heterocycles. The van der Waals surface area contributed by atoms with Crippen LogP contribution in [0.5, 0.6) is 0 Å². The first-order chi connectivity index (χ1) is 5.24. The summed E-state index contributed by atoms with van der Waals surface area (Å²) in [5, 5.41) is 17.6. The quantitative estimate of drug-likeness (QED) is 0.591. The van der Waals surface area contributed by atoms with Gasteiger partial charge in [0.05, 0.1) is 18.8 Å². The van der Waals surface area contributed by atoms with Gasteiger partial charge in [-0.05, 0) is 6.92 Å². The first-order valence-corrected chi connectivity index (χ1v) is 4.18. The van der Waals surface area contributed by atoms with Gasteiger partial charge in [-0.15, -0.1) is 0 Å². The van der Waals surface area contributed by atoms with Crippen LogP contribution in [0.15, 0.2) is 0 Å². The molecule has 68 valence electrons. The minimum atomic E-state index is -0.468. The number of hydrogen-bond acceptors (Lipinski definition) is 3. The summed E-state index contributed by atoms with van der Waals surface area (Å²) in [5.74, 6) is 0. The van der Waals surface area contributed by atoms with Gasteiger partial charge in [-0.1, -0.05) is 13.8 Å². The van der Waals surface area contributed by atoms with E-state index in [1.165, 1.54) is 0 Å². The van der Waals surface area contributed by atoms with Crippen molar-refractivity contribution < 1.29 is 14.9 Å². The molecule has 2 N–H and O–H groups in total. The second-order valence-corrected chi connectivity index (χ2v) is 2.47. The average molecular weight is 162 g/mol. The van der Waals surface area contributed by atoms with Gasteiger partial charge in [0, 0.05) is 6.42 Å². The highest BCUT2D eigenvalue weighted by atomic mass is 16.5. The van der Waals surface area contributed by atoms with Gasteiger partial charge in [0.1, 0.15) is 6.10 Å². The topological polar surface area (TPSA) is 49.7 Å². The predicted octanol–water partition coefficient (Wildman–Crippen LogP) is 0.543. The van der Waals surface area contributed by atoms with Crippen LogP contribution in [0, 0.1) is 0 Å². The smallest absolute Gasteiger partial charge is 0.107 e. The van der Waals surface area contributed by atoms with E-state index in [4.69, 9.17) is 14.9 Å². The summed E-state index contributed by atoms with van der Waals surface area (Å²) in [6, 6.07) is 0. The molecule has 3 heteroatoms. The third kappa shape index (κ3) is 3.18. The number of ether oxygens (including phenoxy) is 1. The van der Waals surface area contributed by atoms with Crippen LogP contribution in [-0.4, -0.2) is 35.1 Å². The Labute approximate surface area is 68.0 Å². The first kappa shape index (κ1) is 10.9. The fourth-order valence-electron chi connectivity index (χ4n) is 1.10. The summed E-state index contributed by atoms with van der Waals surface area (Å²) in [6.45, 7) is 5.81. The molecule has 0 aliphatic carbocycles. The zero-order valence-electron chi connectivity index (χ0n) is 7.45. The van der Waals surface area contributed by atoms with Crippen LogP contribution in [0.25, 0.3) is 0 Å². The van der Waals surface area contributed by atoms with Gasteiger partial charge in [0.25, 0.3) is 0 Å². The van der Waals surface area contributed by atoms with E-state index in [9.17, 15) is 0 Å². The van der Waals surface area contributed by atoms with E-state index in [0.29, 0.717) is 6.42 Å². The third-order valence-corrected chi connectivity index (χ3v) is 1.59. The Kier molecular flexibility index (Phi) is 5.46. The zero-order chi connectivity index (χ0) is 8.85. The van der Waals surface area contributed by atoms with E-state index in [1.807, 2.05) is 20.8 Å². The van der Waals surface area contributed by atoms with Crippen molar-refractivity contribution >= 4 is 0 Å². The van der Waals surface area contributed by atoms with E-state index >= 15 is 0 Å². The first-order valence-electron chi connectivity index (χ1n) is 4.18. The van der Waals surface area contributed by atoms with Crippen LogP contribution in [0.4, 0.5) is 0 Å². The Morgan fingerprint density at radius 2 is 2.00 bits per heavy atom. The molecule has 1 aliphatic heterocycles. The third-order valence-electron chi connectivity index (χ3n) is 1.59. The van der Waals surface area contributed by atoms with Crippen molar-refractivity contribution in [2.45, 2.75) is 45.5 Å². The summed E-state index contributed by atoms with van der Waals surface area (Å²) >= 11 is 0. The van der Waals surface area contributed by atoms with Crippen molar-refractivity contribution in [3.05, 3.63) is 0 Å². The van der Waals surface area contributed by atoms with E-state index in [0.717, 1.165) is 0 Å². The molecule has 3 unspecified atom stereocenters. The Bertz CT molecular complexity index is 95.3. The van der Waals surface area contributed by atoms with E-state index < -0.39 is 6.10 Å². The van der Waals surface area contributed by atoms with Crippen molar-refractivity contribution in [1.82, 2.24) is 0 Å². The second kappa shape index (κ2) is 5.52. The van der Waals surface area contributed by atoms with Crippen molar-refractivity contribution in [3.63, 3.8) is 0 Å². The van der Waals surface area contributed by atoms with Gasteiger partial charge in [0.2, 0.25) is 0 Å². The highest BCUT2D eigenvalue weighted by molar-refractivity contribution is 4.78. The molecule has 0 aromatic rings. The van der Waals surface area contributed by atoms with Gasteiger partial charge < -0.3 is 14.9 Å². The number of aliphatic hydroxyl groups excluding tert-OH is 2. The molecular weight excluding hydrogens is 144 g/mol. The summed E-state index contributed by atoms with van der Waals surface area (Å²) < 4.78 is 5.12. The molecular formula is C8H18O3. The minimum absolute atomic E-state index is 0.0779. The number of hydrogen-bond donors (Lipinski definition) is 2. The SMILES string of the molecule is CC.CC1CC(O)C(CO)O1. The van der Waals surface area contributed by atoms with Gasteiger partial charge in [-0.2, -0.15) is 0 Å². The minimum Gasteiger partial charge on any atom is -0.394 e. The molecule has 1 rings (SSSR count). The van der Waals surface area contributed by atoms with E-state index in [2.05, 4.69) is 0 Å². The molecule has 11 heavy (non-hydrogen) atoms. The molecule has 0 spiro atoms.